The Kier molecular flexibility index (Phi) is 8.67. The normalized spacial score (nSPS) is 13.2. The van der Waals surface area contributed by atoms with Gasteiger partial charge in [0.1, 0.15) is 5.70 Å². The molecule has 3 aromatic rings. The smallest absolute Gasteiger partial charge is 0.356 e. The van der Waals surface area contributed by atoms with Crippen LogP contribution in [0.1, 0.15) is 19.5 Å². The SMILES string of the molecule is C=C(NC(=C/C)/C=C(/Cl)C(=C)n1nccn1)/C(C=N)=C(/Nc1cc(CC)nc2ccccc12)C(F)(F)F. The van der Waals surface area contributed by atoms with E-state index in [4.69, 9.17) is 17.0 Å². The first-order valence-electron chi connectivity index (χ1n) is 11.1. The summed E-state index contributed by atoms with van der Waals surface area (Å²) in [4.78, 5) is 5.69. The molecule has 0 saturated heterocycles. The van der Waals surface area contributed by atoms with E-state index in [0.29, 0.717) is 34.9 Å². The largest absolute Gasteiger partial charge is 0.431 e. The van der Waals surface area contributed by atoms with Crippen molar-refractivity contribution >= 4 is 40.1 Å². The number of halogens is 4. The van der Waals surface area contributed by atoms with Crippen molar-refractivity contribution < 1.29 is 13.2 Å². The Labute approximate surface area is 217 Å². The summed E-state index contributed by atoms with van der Waals surface area (Å²) in [7, 11) is 0. The first-order valence-corrected chi connectivity index (χ1v) is 11.5. The molecule has 37 heavy (non-hydrogen) atoms. The highest BCUT2D eigenvalue weighted by Crippen LogP contribution is 2.34. The van der Waals surface area contributed by atoms with Crippen molar-refractivity contribution in [1.29, 1.82) is 5.41 Å². The van der Waals surface area contributed by atoms with Crippen LogP contribution in [-0.2, 0) is 6.42 Å². The fourth-order valence-electron chi connectivity index (χ4n) is 3.35. The van der Waals surface area contributed by atoms with Crippen LogP contribution in [0.5, 0.6) is 0 Å². The van der Waals surface area contributed by atoms with Gasteiger partial charge in [0.2, 0.25) is 0 Å². The molecule has 7 nitrogen and oxygen atoms in total. The van der Waals surface area contributed by atoms with E-state index < -0.39 is 17.4 Å². The Hall–Kier alpha value is -4.18. The van der Waals surface area contributed by atoms with Gasteiger partial charge in [0.25, 0.3) is 0 Å². The zero-order valence-electron chi connectivity index (χ0n) is 20.2. The highest BCUT2D eigenvalue weighted by atomic mass is 35.5. The number of benzene rings is 1. The van der Waals surface area contributed by atoms with E-state index in [-0.39, 0.29) is 22.1 Å². The Morgan fingerprint density at radius 2 is 1.86 bits per heavy atom. The molecule has 0 saturated carbocycles. The van der Waals surface area contributed by atoms with Gasteiger partial charge in [-0.3, -0.25) is 4.98 Å². The number of fused-ring (bicyclic) bond motifs is 1. The molecule has 0 aliphatic carbocycles. The van der Waals surface area contributed by atoms with Gasteiger partial charge < -0.3 is 16.0 Å². The van der Waals surface area contributed by atoms with Crippen molar-refractivity contribution in [3.05, 3.63) is 101 Å². The number of nitrogens with zero attached hydrogens (tertiary/aromatic N) is 4. The van der Waals surface area contributed by atoms with Gasteiger partial charge in [0.15, 0.2) is 0 Å². The minimum atomic E-state index is -4.82. The topological polar surface area (TPSA) is 91.5 Å². The van der Waals surface area contributed by atoms with E-state index in [1.807, 2.05) is 6.92 Å². The number of anilines is 1. The number of aryl methyl sites for hydroxylation is 1. The molecule has 0 bridgehead atoms. The van der Waals surface area contributed by atoms with Crippen LogP contribution in [-0.4, -0.2) is 32.4 Å². The van der Waals surface area contributed by atoms with Crippen molar-refractivity contribution in [3.8, 4) is 0 Å². The van der Waals surface area contributed by atoms with Crippen LogP contribution in [0.2, 0.25) is 0 Å². The van der Waals surface area contributed by atoms with Crippen molar-refractivity contribution in [1.82, 2.24) is 25.3 Å². The summed E-state index contributed by atoms with van der Waals surface area (Å²) < 4.78 is 42.9. The summed E-state index contributed by atoms with van der Waals surface area (Å²) in [5.74, 6) is 0. The highest BCUT2D eigenvalue weighted by Gasteiger charge is 2.37. The minimum Gasteiger partial charge on any atom is -0.356 e. The highest BCUT2D eigenvalue weighted by molar-refractivity contribution is 6.35. The third kappa shape index (κ3) is 6.53. The van der Waals surface area contributed by atoms with Crippen LogP contribution in [0.25, 0.3) is 16.6 Å². The summed E-state index contributed by atoms with van der Waals surface area (Å²) in [6.07, 6.45) is 2.25. The lowest BCUT2D eigenvalue weighted by molar-refractivity contribution is -0.0906. The molecular formula is C26H25ClF3N7. The van der Waals surface area contributed by atoms with Gasteiger partial charge in [0.05, 0.1) is 28.6 Å². The molecule has 2 heterocycles. The average molecular weight is 528 g/mol. The molecule has 11 heteroatoms. The molecular weight excluding hydrogens is 503 g/mol. The van der Waals surface area contributed by atoms with Crippen molar-refractivity contribution in [2.75, 3.05) is 5.32 Å². The van der Waals surface area contributed by atoms with Gasteiger partial charge in [0, 0.05) is 39.9 Å². The van der Waals surface area contributed by atoms with Crippen LogP contribution in [0.15, 0.2) is 95.7 Å². The molecule has 0 atom stereocenters. The summed E-state index contributed by atoms with van der Waals surface area (Å²) in [6, 6.07) is 8.47. The number of nitrogens with one attached hydrogen (secondary N) is 3. The molecule has 192 valence electrons. The van der Waals surface area contributed by atoms with E-state index in [1.54, 1.807) is 43.3 Å². The fraction of sp³-hybridized carbons (Fsp3) is 0.154. The van der Waals surface area contributed by atoms with Gasteiger partial charge in [-0.1, -0.05) is 56.0 Å². The van der Waals surface area contributed by atoms with E-state index in [1.165, 1.54) is 23.3 Å². The van der Waals surface area contributed by atoms with E-state index >= 15 is 0 Å². The predicted octanol–water partition coefficient (Wildman–Crippen LogP) is 6.57. The first kappa shape index (κ1) is 27.4. The number of aromatic nitrogens is 4. The van der Waals surface area contributed by atoms with Crippen LogP contribution < -0.4 is 10.6 Å². The number of para-hydroxylation sites is 1. The van der Waals surface area contributed by atoms with Crippen molar-refractivity contribution in [2.45, 2.75) is 26.4 Å². The van der Waals surface area contributed by atoms with Crippen molar-refractivity contribution in [2.24, 2.45) is 0 Å². The maximum atomic E-state index is 14.3. The maximum absolute atomic E-state index is 14.3. The number of rotatable bonds is 10. The molecule has 1 aromatic carbocycles. The minimum absolute atomic E-state index is 0.148. The first-order chi connectivity index (χ1) is 17.6. The Morgan fingerprint density at radius 1 is 1.19 bits per heavy atom. The Bertz CT molecular complexity index is 1420. The molecule has 0 spiro atoms. The summed E-state index contributed by atoms with van der Waals surface area (Å²) in [5, 5.41) is 21.6. The lowest BCUT2D eigenvalue weighted by Crippen LogP contribution is -2.25. The zero-order valence-corrected chi connectivity index (χ0v) is 21.0. The summed E-state index contributed by atoms with van der Waals surface area (Å²) in [6.45, 7) is 11.1. The Morgan fingerprint density at radius 3 is 2.46 bits per heavy atom. The molecule has 0 radical (unpaired) electrons. The molecule has 3 rings (SSSR count). The summed E-state index contributed by atoms with van der Waals surface area (Å²) in [5.41, 5.74) is 0.194. The average Bonchev–Trinajstić information content (AvgIpc) is 3.41. The predicted molar refractivity (Wildman–Crippen MR) is 142 cm³/mol. The molecule has 0 amide bonds. The standard InChI is InChI=1S/C26H25ClF3N7/c1-5-18(13-22(27)17(4)37-32-11-12-33-37)34-16(3)21(15-31)25(26(28,29)30)36-24-14-19(6-2)35-23-10-8-7-9-20(23)24/h5,7-15,31,34H,3-4,6H2,1-2H3,(H,35,36)/b18-5+,22-13+,25-21+,31-15?. The molecule has 2 aromatic heterocycles. The van der Waals surface area contributed by atoms with E-state index in [2.05, 4.69) is 39.0 Å². The number of pyridine rings is 1. The second-order valence-electron chi connectivity index (χ2n) is 7.69. The van der Waals surface area contributed by atoms with E-state index in [0.717, 1.165) is 0 Å². The maximum Gasteiger partial charge on any atom is 0.431 e. The number of hydrogen-bond acceptors (Lipinski definition) is 6. The van der Waals surface area contributed by atoms with Crippen molar-refractivity contribution in [3.63, 3.8) is 0 Å². The van der Waals surface area contributed by atoms with Gasteiger partial charge >= 0.3 is 6.18 Å². The van der Waals surface area contributed by atoms with Crippen LogP contribution in [0.3, 0.4) is 0 Å². The lowest BCUT2D eigenvalue weighted by atomic mass is 10.1. The monoisotopic (exact) mass is 527 g/mol. The molecule has 0 fully saturated rings. The third-order valence-corrected chi connectivity index (χ3v) is 5.56. The molecule has 0 aliphatic heterocycles. The van der Waals surface area contributed by atoms with E-state index in [9.17, 15) is 13.2 Å². The van der Waals surface area contributed by atoms with Gasteiger partial charge in [-0.2, -0.15) is 28.2 Å². The summed E-state index contributed by atoms with van der Waals surface area (Å²) >= 11 is 6.31. The van der Waals surface area contributed by atoms with Gasteiger partial charge in [-0.15, -0.1) is 0 Å². The van der Waals surface area contributed by atoms with Crippen LogP contribution >= 0.6 is 11.6 Å². The fourth-order valence-corrected chi connectivity index (χ4v) is 3.55. The van der Waals surface area contributed by atoms with Crippen LogP contribution in [0.4, 0.5) is 18.9 Å². The van der Waals surface area contributed by atoms with Gasteiger partial charge in [-0.25, -0.2) is 0 Å². The zero-order chi connectivity index (χ0) is 27.2. The quantitative estimate of drug-likeness (QED) is 0.205. The second-order valence-corrected chi connectivity index (χ2v) is 8.10. The number of alkyl halides is 3. The second kappa shape index (κ2) is 11.7. The number of allylic oxidation sites excluding steroid dienone is 6. The molecule has 0 aliphatic rings. The molecule has 0 unspecified atom stereocenters. The molecule has 3 N–H and O–H groups in total. The lowest BCUT2D eigenvalue weighted by Gasteiger charge is -2.21. The Balaban J connectivity index is 1.99. The third-order valence-electron chi connectivity index (χ3n) is 5.24. The number of hydrogen-bond donors (Lipinski definition) is 3. The van der Waals surface area contributed by atoms with Crippen LogP contribution in [0, 0.1) is 5.41 Å². The van der Waals surface area contributed by atoms with Gasteiger partial charge in [-0.05, 0) is 31.6 Å².